The van der Waals surface area contributed by atoms with Gasteiger partial charge >= 0.3 is 0 Å². The van der Waals surface area contributed by atoms with Crippen molar-refractivity contribution < 1.29 is 9.47 Å². The maximum Gasteiger partial charge on any atom is 0.164 e. The first-order chi connectivity index (χ1) is 7.83. The van der Waals surface area contributed by atoms with Gasteiger partial charge in [0.2, 0.25) is 0 Å². The van der Waals surface area contributed by atoms with Crippen molar-refractivity contribution in [1.29, 1.82) is 0 Å². The molecule has 0 saturated heterocycles. The molecule has 1 aromatic carbocycles. The SMILES string of the molecule is C=CCc1cccc(OCCC)c1OCC. The zero-order valence-corrected chi connectivity index (χ0v) is 10.2. The van der Waals surface area contributed by atoms with Gasteiger partial charge in [0.1, 0.15) is 0 Å². The lowest BCUT2D eigenvalue weighted by Gasteiger charge is -2.14. The van der Waals surface area contributed by atoms with Crippen LogP contribution in [0, 0.1) is 0 Å². The van der Waals surface area contributed by atoms with E-state index in [0.29, 0.717) is 6.61 Å². The summed E-state index contributed by atoms with van der Waals surface area (Å²) in [6.07, 6.45) is 3.68. The third-order valence-electron chi connectivity index (χ3n) is 2.18. The van der Waals surface area contributed by atoms with Gasteiger partial charge < -0.3 is 9.47 Å². The second-order valence-electron chi connectivity index (χ2n) is 3.52. The molecule has 0 heterocycles. The van der Waals surface area contributed by atoms with Gasteiger partial charge in [-0.05, 0) is 25.8 Å². The highest BCUT2D eigenvalue weighted by Crippen LogP contribution is 2.31. The first-order valence-electron chi connectivity index (χ1n) is 5.81. The van der Waals surface area contributed by atoms with Crippen LogP contribution in [0.25, 0.3) is 0 Å². The molecule has 0 spiro atoms. The van der Waals surface area contributed by atoms with Crippen molar-refractivity contribution >= 4 is 0 Å². The standard InChI is InChI=1S/C14H20O2/c1-4-8-12-9-7-10-13(16-11-5-2)14(12)15-6-3/h4,7,9-10H,1,5-6,8,11H2,2-3H3. The van der Waals surface area contributed by atoms with Crippen molar-refractivity contribution in [2.75, 3.05) is 13.2 Å². The minimum Gasteiger partial charge on any atom is -0.490 e. The Morgan fingerprint density at radius 1 is 1.25 bits per heavy atom. The quantitative estimate of drug-likeness (QED) is 0.654. The highest BCUT2D eigenvalue weighted by molar-refractivity contribution is 5.47. The third kappa shape index (κ3) is 3.30. The number of ether oxygens (including phenoxy) is 2. The van der Waals surface area contributed by atoms with Crippen LogP contribution in [0.5, 0.6) is 11.5 Å². The smallest absolute Gasteiger partial charge is 0.164 e. The highest BCUT2D eigenvalue weighted by Gasteiger charge is 2.09. The van der Waals surface area contributed by atoms with Crippen LogP contribution in [0.1, 0.15) is 25.8 Å². The van der Waals surface area contributed by atoms with E-state index in [4.69, 9.17) is 9.47 Å². The molecule has 16 heavy (non-hydrogen) atoms. The number of allylic oxidation sites excluding steroid dienone is 1. The Hall–Kier alpha value is -1.44. The van der Waals surface area contributed by atoms with E-state index in [1.54, 1.807) is 0 Å². The predicted molar refractivity (Wildman–Crippen MR) is 67.3 cm³/mol. The Bertz CT molecular complexity index is 332. The zero-order chi connectivity index (χ0) is 11.8. The number of rotatable bonds is 7. The predicted octanol–water partition coefficient (Wildman–Crippen LogP) is 3.60. The minimum atomic E-state index is 0.649. The van der Waals surface area contributed by atoms with Crippen LogP contribution in [-0.2, 0) is 6.42 Å². The molecule has 0 aliphatic carbocycles. The average Bonchev–Trinajstić information content (AvgIpc) is 2.30. The van der Waals surface area contributed by atoms with E-state index < -0.39 is 0 Å². The van der Waals surface area contributed by atoms with Crippen molar-refractivity contribution in [1.82, 2.24) is 0 Å². The molecule has 0 aromatic heterocycles. The fourth-order valence-electron chi connectivity index (χ4n) is 1.51. The van der Waals surface area contributed by atoms with Crippen LogP contribution in [-0.4, -0.2) is 13.2 Å². The molecular weight excluding hydrogens is 200 g/mol. The van der Waals surface area contributed by atoms with Crippen LogP contribution < -0.4 is 9.47 Å². The van der Waals surface area contributed by atoms with E-state index >= 15 is 0 Å². The normalized spacial score (nSPS) is 9.88. The van der Waals surface area contributed by atoms with Crippen LogP contribution in [0.15, 0.2) is 30.9 Å². The van der Waals surface area contributed by atoms with Gasteiger partial charge in [0.25, 0.3) is 0 Å². The third-order valence-corrected chi connectivity index (χ3v) is 2.18. The molecule has 0 aliphatic rings. The fraction of sp³-hybridized carbons (Fsp3) is 0.429. The van der Waals surface area contributed by atoms with Crippen molar-refractivity contribution in [2.45, 2.75) is 26.7 Å². The highest BCUT2D eigenvalue weighted by atomic mass is 16.5. The summed E-state index contributed by atoms with van der Waals surface area (Å²) in [4.78, 5) is 0. The molecule has 2 nitrogen and oxygen atoms in total. The molecule has 0 atom stereocenters. The van der Waals surface area contributed by atoms with E-state index in [9.17, 15) is 0 Å². The molecule has 0 saturated carbocycles. The van der Waals surface area contributed by atoms with Crippen molar-refractivity contribution in [2.24, 2.45) is 0 Å². The van der Waals surface area contributed by atoms with E-state index in [-0.39, 0.29) is 0 Å². The first kappa shape index (κ1) is 12.6. The molecule has 0 bridgehead atoms. The second-order valence-corrected chi connectivity index (χ2v) is 3.52. The van der Waals surface area contributed by atoms with Gasteiger partial charge in [-0.1, -0.05) is 25.1 Å². The summed E-state index contributed by atoms with van der Waals surface area (Å²) in [5, 5.41) is 0. The van der Waals surface area contributed by atoms with Crippen LogP contribution in [0.3, 0.4) is 0 Å². The molecule has 1 aromatic rings. The summed E-state index contributed by atoms with van der Waals surface area (Å²) >= 11 is 0. The van der Waals surface area contributed by atoms with E-state index in [0.717, 1.165) is 36.5 Å². The second kappa shape index (κ2) is 6.94. The Morgan fingerprint density at radius 3 is 2.69 bits per heavy atom. The number of para-hydroxylation sites is 1. The van der Waals surface area contributed by atoms with Crippen molar-refractivity contribution in [3.8, 4) is 11.5 Å². The van der Waals surface area contributed by atoms with Crippen LogP contribution >= 0.6 is 0 Å². The largest absolute Gasteiger partial charge is 0.490 e. The molecule has 0 amide bonds. The molecular formula is C14H20O2. The lowest BCUT2D eigenvalue weighted by Crippen LogP contribution is -2.02. The van der Waals surface area contributed by atoms with Gasteiger partial charge in [-0.15, -0.1) is 6.58 Å². The van der Waals surface area contributed by atoms with Gasteiger partial charge in [0.05, 0.1) is 13.2 Å². The summed E-state index contributed by atoms with van der Waals surface area (Å²) in [6, 6.07) is 5.99. The molecule has 0 radical (unpaired) electrons. The Labute approximate surface area is 97.9 Å². The lowest BCUT2D eigenvalue weighted by atomic mass is 10.1. The van der Waals surface area contributed by atoms with Gasteiger partial charge in [-0.2, -0.15) is 0 Å². The van der Waals surface area contributed by atoms with Gasteiger partial charge in [-0.3, -0.25) is 0 Å². The van der Waals surface area contributed by atoms with Crippen LogP contribution in [0.4, 0.5) is 0 Å². The monoisotopic (exact) mass is 220 g/mol. The lowest BCUT2D eigenvalue weighted by molar-refractivity contribution is 0.275. The topological polar surface area (TPSA) is 18.5 Å². The Morgan fingerprint density at radius 2 is 2.06 bits per heavy atom. The number of hydrogen-bond acceptors (Lipinski definition) is 2. The summed E-state index contributed by atoms with van der Waals surface area (Å²) in [6.45, 7) is 9.19. The van der Waals surface area contributed by atoms with E-state index in [1.807, 2.05) is 31.2 Å². The van der Waals surface area contributed by atoms with Gasteiger partial charge in [-0.25, -0.2) is 0 Å². The number of benzene rings is 1. The summed E-state index contributed by atoms with van der Waals surface area (Å²) in [7, 11) is 0. The molecule has 0 aliphatic heterocycles. The molecule has 1 rings (SSSR count). The molecule has 88 valence electrons. The maximum absolute atomic E-state index is 5.67. The van der Waals surface area contributed by atoms with Crippen LogP contribution in [0.2, 0.25) is 0 Å². The van der Waals surface area contributed by atoms with Crippen molar-refractivity contribution in [3.63, 3.8) is 0 Å². The van der Waals surface area contributed by atoms with Crippen molar-refractivity contribution in [3.05, 3.63) is 36.4 Å². The Kier molecular flexibility index (Phi) is 5.48. The average molecular weight is 220 g/mol. The summed E-state index contributed by atoms with van der Waals surface area (Å²) in [5.41, 5.74) is 1.13. The first-order valence-corrected chi connectivity index (χ1v) is 5.81. The molecule has 0 unspecified atom stereocenters. The fourth-order valence-corrected chi connectivity index (χ4v) is 1.51. The van der Waals surface area contributed by atoms with E-state index in [2.05, 4.69) is 13.5 Å². The summed E-state index contributed by atoms with van der Waals surface area (Å²) in [5.74, 6) is 1.70. The minimum absolute atomic E-state index is 0.649. The number of hydrogen-bond donors (Lipinski definition) is 0. The Balaban J connectivity index is 2.95. The van der Waals surface area contributed by atoms with Gasteiger partial charge in [0.15, 0.2) is 11.5 Å². The molecule has 0 fully saturated rings. The van der Waals surface area contributed by atoms with E-state index in [1.165, 1.54) is 0 Å². The summed E-state index contributed by atoms with van der Waals surface area (Å²) < 4.78 is 11.3. The van der Waals surface area contributed by atoms with Gasteiger partial charge in [0, 0.05) is 5.56 Å². The molecule has 2 heteroatoms. The maximum atomic E-state index is 5.67. The zero-order valence-electron chi connectivity index (χ0n) is 10.2. The molecule has 0 N–H and O–H groups in total.